The molecule has 1 heterocycles. The van der Waals surface area contributed by atoms with Gasteiger partial charge in [0.25, 0.3) is 0 Å². The van der Waals surface area contributed by atoms with Crippen LogP contribution in [0.15, 0.2) is 30.3 Å². The van der Waals surface area contributed by atoms with E-state index in [-0.39, 0.29) is 0 Å². The van der Waals surface area contributed by atoms with E-state index in [0.717, 1.165) is 18.3 Å². The molecule has 0 N–H and O–H groups in total. The largest absolute Gasteiger partial charge is 0.301 e. The van der Waals surface area contributed by atoms with Crippen molar-refractivity contribution in [1.82, 2.24) is 9.80 Å². The van der Waals surface area contributed by atoms with E-state index in [2.05, 4.69) is 66.6 Å². The van der Waals surface area contributed by atoms with Crippen LogP contribution in [0.2, 0.25) is 0 Å². The predicted molar refractivity (Wildman–Crippen MR) is 90.8 cm³/mol. The van der Waals surface area contributed by atoms with Crippen LogP contribution in [0.25, 0.3) is 0 Å². The molecule has 1 aromatic carbocycles. The zero-order valence-electron chi connectivity index (χ0n) is 12.8. The second-order valence-corrected chi connectivity index (χ2v) is 6.08. The zero-order valence-corrected chi connectivity index (χ0v) is 13.7. The van der Waals surface area contributed by atoms with Crippen molar-refractivity contribution in [3.8, 4) is 0 Å². The van der Waals surface area contributed by atoms with E-state index in [1.807, 2.05) is 0 Å². The van der Waals surface area contributed by atoms with E-state index in [0.29, 0.717) is 5.92 Å². The summed E-state index contributed by atoms with van der Waals surface area (Å²) in [6.07, 6.45) is 1.32. The summed E-state index contributed by atoms with van der Waals surface area (Å²) >= 11 is 4.56. The lowest BCUT2D eigenvalue weighted by molar-refractivity contribution is 0.209. The van der Waals surface area contributed by atoms with Gasteiger partial charge in [-0.05, 0) is 37.4 Å². The molecule has 2 rings (SSSR count). The molecular weight excluding hydrogens is 264 g/mol. The molecule has 1 aliphatic heterocycles. The number of hydrogen-bond acceptors (Lipinski definition) is 3. The Balaban J connectivity index is 1.90. The van der Waals surface area contributed by atoms with Gasteiger partial charge < -0.3 is 4.90 Å². The van der Waals surface area contributed by atoms with Gasteiger partial charge in [0, 0.05) is 25.0 Å². The summed E-state index contributed by atoms with van der Waals surface area (Å²) < 4.78 is 0. The third-order valence-corrected chi connectivity index (χ3v) is 4.99. The molecule has 20 heavy (non-hydrogen) atoms. The Kier molecular flexibility index (Phi) is 6.40. The highest BCUT2D eigenvalue weighted by molar-refractivity contribution is 7.80. The molecule has 1 fully saturated rings. The summed E-state index contributed by atoms with van der Waals surface area (Å²) in [5.74, 6) is 1.48. The van der Waals surface area contributed by atoms with Gasteiger partial charge in [-0.3, -0.25) is 4.90 Å². The number of benzene rings is 1. The van der Waals surface area contributed by atoms with Crippen LogP contribution in [0.1, 0.15) is 31.7 Å². The quantitative estimate of drug-likeness (QED) is 0.772. The van der Waals surface area contributed by atoms with Gasteiger partial charge in [0.15, 0.2) is 0 Å². The van der Waals surface area contributed by atoms with Gasteiger partial charge in [-0.2, -0.15) is 12.6 Å². The minimum atomic E-state index is 0.551. The Labute approximate surface area is 129 Å². The Hall–Kier alpha value is -0.510. The van der Waals surface area contributed by atoms with Crippen LogP contribution in [0.3, 0.4) is 0 Å². The lowest BCUT2D eigenvalue weighted by atomic mass is 10.0. The Morgan fingerprint density at radius 3 is 2.55 bits per heavy atom. The smallest absolute Gasteiger partial charge is 0.0235 e. The Bertz CT molecular complexity index is 378. The molecule has 0 aromatic heterocycles. The van der Waals surface area contributed by atoms with Crippen molar-refractivity contribution >= 4 is 12.6 Å². The third-order valence-electron chi connectivity index (χ3n) is 4.55. The fourth-order valence-corrected chi connectivity index (χ4v) is 3.65. The number of likely N-dealkylation sites (N-methyl/N-ethyl adjacent to an activating group) is 1. The predicted octanol–water partition coefficient (Wildman–Crippen LogP) is 3.12. The normalized spacial score (nSPS) is 21.5. The maximum atomic E-state index is 4.56. The van der Waals surface area contributed by atoms with E-state index in [4.69, 9.17) is 0 Å². The molecule has 2 atom stereocenters. The Morgan fingerprint density at radius 2 is 1.95 bits per heavy atom. The summed E-state index contributed by atoms with van der Waals surface area (Å²) in [4.78, 5) is 5.22. The van der Waals surface area contributed by atoms with E-state index < -0.39 is 0 Å². The highest BCUT2D eigenvalue weighted by Crippen LogP contribution is 2.22. The fraction of sp³-hybridized carbons (Fsp3) is 0.647. The van der Waals surface area contributed by atoms with Crippen molar-refractivity contribution in [3.63, 3.8) is 0 Å². The maximum Gasteiger partial charge on any atom is 0.0235 e. The number of likely N-dealkylation sites (tertiary alicyclic amines) is 1. The van der Waals surface area contributed by atoms with Crippen LogP contribution < -0.4 is 0 Å². The number of hydrogen-bond donors (Lipinski definition) is 1. The van der Waals surface area contributed by atoms with E-state index in [9.17, 15) is 0 Å². The first-order chi connectivity index (χ1) is 9.78. The molecule has 0 spiro atoms. The summed E-state index contributed by atoms with van der Waals surface area (Å²) in [6.45, 7) is 10.5. The van der Waals surface area contributed by atoms with E-state index in [1.165, 1.54) is 38.2 Å². The molecule has 1 saturated heterocycles. The van der Waals surface area contributed by atoms with Gasteiger partial charge in [-0.25, -0.2) is 0 Å². The molecule has 112 valence electrons. The maximum absolute atomic E-state index is 4.56. The first kappa shape index (κ1) is 15.9. The first-order valence-corrected chi connectivity index (χ1v) is 8.53. The summed E-state index contributed by atoms with van der Waals surface area (Å²) in [7, 11) is 0. The van der Waals surface area contributed by atoms with Gasteiger partial charge in [0.2, 0.25) is 0 Å². The fourth-order valence-electron chi connectivity index (χ4n) is 3.32. The molecule has 0 amide bonds. The van der Waals surface area contributed by atoms with Gasteiger partial charge in [0.05, 0.1) is 0 Å². The second-order valence-electron chi connectivity index (χ2n) is 5.71. The zero-order chi connectivity index (χ0) is 14.4. The second kappa shape index (κ2) is 8.06. The monoisotopic (exact) mass is 292 g/mol. The van der Waals surface area contributed by atoms with Gasteiger partial charge in [-0.15, -0.1) is 0 Å². The number of thiol groups is 1. The van der Waals surface area contributed by atoms with Crippen molar-refractivity contribution in [1.29, 1.82) is 0 Å². The Morgan fingerprint density at radius 1 is 1.25 bits per heavy atom. The molecular formula is C17H28N2S. The van der Waals surface area contributed by atoms with Crippen LogP contribution >= 0.6 is 12.6 Å². The minimum absolute atomic E-state index is 0.551. The van der Waals surface area contributed by atoms with Gasteiger partial charge >= 0.3 is 0 Å². The topological polar surface area (TPSA) is 6.48 Å². The summed E-state index contributed by atoms with van der Waals surface area (Å²) in [6, 6.07) is 11.6. The van der Waals surface area contributed by atoms with Gasteiger partial charge in [0.1, 0.15) is 0 Å². The lowest BCUT2D eigenvalue weighted by Crippen LogP contribution is -2.38. The third kappa shape index (κ3) is 4.00. The van der Waals surface area contributed by atoms with Crippen LogP contribution in [0, 0.1) is 0 Å². The minimum Gasteiger partial charge on any atom is -0.301 e. The molecule has 1 aliphatic rings. The number of nitrogens with zero attached hydrogens (tertiary/aromatic N) is 2. The molecule has 3 heteroatoms. The van der Waals surface area contributed by atoms with Crippen molar-refractivity contribution < 1.29 is 0 Å². The molecule has 0 bridgehead atoms. The summed E-state index contributed by atoms with van der Waals surface area (Å²) in [5.41, 5.74) is 1.42. The molecule has 2 unspecified atom stereocenters. The lowest BCUT2D eigenvalue weighted by Gasteiger charge is -2.27. The molecule has 0 radical (unpaired) electrons. The average Bonchev–Trinajstić information content (AvgIpc) is 2.95. The molecule has 0 aliphatic carbocycles. The SMILES string of the molecule is CCN(CC)C1CCN(CC(CS)c2ccccc2)C1. The highest BCUT2D eigenvalue weighted by atomic mass is 32.1. The van der Waals surface area contributed by atoms with Crippen LogP contribution in [0.4, 0.5) is 0 Å². The van der Waals surface area contributed by atoms with E-state index in [1.54, 1.807) is 0 Å². The highest BCUT2D eigenvalue weighted by Gasteiger charge is 2.27. The molecule has 1 aromatic rings. The molecule has 2 nitrogen and oxygen atoms in total. The van der Waals surface area contributed by atoms with Crippen LogP contribution in [-0.4, -0.2) is 54.3 Å². The van der Waals surface area contributed by atoms with Crippen molar-refractivity contribution in [2.24, 2.45) is 0 Å². The van der Waals surface area contributed by atoms with Crippen LogP contribution in [0.5, 0.6) is 0 Å². The standard InChI is InChI=1S/C17H28N2S/c1-3-19(4-2)17-10-11-18(13-17)12-16(14-20)15-8-6-5-7-9-15/h5-9,16-17,20H,3-4,10-14H2,1-2H3. The number of rotatable bonds is 7. The average molecular weight is 292 g/mol. The first-order valence-electron chi connectivity index (χ1n) is 7.90. The van der Waals surface area contributed by atoms with Crippen molar-refractivity contribution in [2.45, 2.75) is 32.2 Å². The summed E-state index contributed by atoms with van der Waals surface area (Å²) in [5, 5.41) is 0. The van der Waals surface area contributed by atoms with Crippen molar-refractivity contribution in [3.05, 3.63) is 35.9 Å². The van der Waals surface area contributed by atoms with E-state index >= 15 is 0 Å². The van der Waals surface area contributed by atoms with Crippen molar-refractivity contribution in [2.75, 3.05) is 38.5 Å². The van der Waals surface area contributed by atoms with Gasteiger partial charge in [-0.1, -0.05) is 44.2 Å². The molecule has 0 saturated carbocycles. The van der Waals surface area contributed by atoms with Crippen LogP contribution in [-0.2, 0) is 0 Å².